The van der Waals surface area contributed by atoms with E-state index in [1.165, 1.54) is 11.1 Å². The number of carbonyl (C=O) groups excluding carboxylic acids is 1. The van der Waals surface area contributed by atoms with Crippen molar-refractivity contribution in [2.45, 2.75) is 32.7 Å². The van der Waals surface area contributed by atoms with Crippen LogP contribution in [0.5, 0.6) is 0 Å². The van der Waals surface area contributed by atoms with Gasteiger partial charge < -0.3 is 15.6 Å². The van der Waals surface area contributed by atoms with E-state index in [2.05, 4.69) is 55.2 Å². The van der Waals surface area contributed by atoms with Gasteiger partial charge in [0, 0.05) is 36.2 Å². The molecule has 170 valence electrons. The zero-order valence-electron chi connectivity index (χ0n) is 19.6. The van der Waals surface area contributed by atoms with Crippen LogP contribution in [-0.2, 0) is 0 Å². The van der Waals surface area contributed by atoms with Crippen molar-refractivity contribution in [3.05, 3.63) is 83.0 Å². The molecule has 3 N–H and O–H groups in total. The third kappa shape index (κ3) is 3.98. The molecule has 1 amide bonds. The summed E-state index contributed by atoms with van der Waals surface area (Å²) in [6.45, 7) is 5.61. The Labute approximate surface area is 199 Å². The molecule has 1 aliphatic rings. The van der Waals surface area contributed by atoms with E-state index in [0.717, 1.165) is 46.0 Å². The first kappa shape index (κ1) is 21.9. The van der Waals surface area contributed by atoms with Gasteiger partial charge in [0.2, 0.25) is 0 Å². The van der Waals surface area contributed by atoms with Gasteiger partial charge >= 0.3 is 0 Å². The lowest BCUT2D eigenvalue weighted by molar-refractivity contribution is 0.0717. The molecule has 0 bridgehead atoms. The van der Waals surface area contributed by atoms with Gasteiger partial charge in [-0.25, -0.2) is 0 Å². The van der Waals surface area contributed by atoms with E-state index in [9.17, 15) is 10.1 Å². The standard InChI is InChI=1S/C29H28N4O/c1-18-3-6-22(13-19(18)2)25-15-28-26(14-24(25)21-7-4-20(16-30)5-8-21)27(17-32-28)29(34)33-11-9-23(31)10-12-33/h3-8,13-15,17,23,32H,9-12,31H2,1-2H3. The SMILES string of the molecule is Cc1ccc(-c2cc3[nH]cc(C(=O)N4CCC(N)CC4)c3cc2-c2ccc(C#N)cc2)cc1C. The zero-order chi connectivity index (χ0) is 23.8. The molecule has 5 rings (SSSR count). The third-order valence-corrected chi connectivity index (χ3v) is 7.02. The summed E-state index contributed by atoms with van der Waals surface area (Å²) in [5, 5.41) is 10.1. The van der Waals surface area contributed by atoms with E-state index >= 15 is 0 Å². The lowest BCUT2D eigenvalue weighted by atomic mass is 9.90. The first-order valence-electron chi connectivity index (χ1n) is 11.7. The third-order valence-electron chi connectivity index (χ3n) is 7.02. The molecule has 5 nitrogen and oxygen atoms in total. The number of carbonyl (C=O) groups is 1. The van der Waals surface area contributed by atoms with Crippen LogP contribution in [0.4, 0.5) is 0 Å². The molecule has 1 saturated heterocycles. The highest BCUT2D eigenvalue weighted by Crippen LogP contribution is 2.37. The number of H-pyrrole nitrogens is 1. The maximum Gasteiger partial charge on any atom is 0.256 e. The highest BCUT2D eigenvalue weighted by atomic mass is 16.2. The second kappa shape index (κ2) is 8.81. The maximum atomic E-state index is 13.4. The highest BCUT2D eigenvalue weighted by molar-refractivity contribution is 6.09. The summed E-state index contributed by atoms with van der Waals surface area (Å²) in [5.74, 6) is 0.0443. The van der Waals surface area contributed by atoms with Crippen LogP contribution in [0.2, 0.25) is 0 Å². The van der Waals surface area contributed by atoms with Crippen LogP contribution in [0.15, 0.2) is 60.8 Å². The van der Waals surface area contributed by atoms with Crippen molar-refractivity contribution >= 4 is 16.8 Å². The van der Waals surface area contributed by atoms with Gasteiger partial charge in [-0.3, -0.25) is 4.79 Å². The summed E-state index contributed by atoms with van der Waals surface area (Å²) in [6, 6.07) is 20.7. The van der Waals surface area contributed by atoms with Crippen LogP contribution in [0.1, 0.15) is 39.9 Å². The lowest BCUT2D eigenvalue weighted by Gasteiger charge is -2.30. The number of hydrogen-bond donors (Lipinski definition) is 2. The lowest BCUT2D eigenvalue weighted by Crippen LogP contribution is -2.42. The molecule has 2 heterocycles. The molecule has 4 aromatic rings. The number of hydrogen-bond acceptors (Lipinski definition) is 3. The number of nitriles is 1. The van der Waals surface area contributed by atoms with E-state index in [-0.39, 0.29) is 11.9 Å². The number of amides is 1. The summed E-state index contributed by atoms with van der Waals surface area (Å²) in [7, 11) is 0. The van der Waals surface area contributed by atoms with Crippen molar-refractivity contribution in [3.8, 4) is 28.3 Å². The molecule has 0 aliphatic carbocycles. The number of piperidine rings is 1. The Bertz CT molecular complexity index is 1420. The first-order chi connectivity index (χ1) is 16.4. The Kier molecular flexibility index (Phi) is 5.69. The second-order valence-corrected chi connectivity index (χ2v) is 9.26. The largest absolute Gasteiger partial charge is 0.360 e. The van der Waals surface area contributed by atoms with Crippen molar-refractivity contribution < 1.29 is 4.79 Å². The number of fused-ring (bicyclic) bond motifs is 1. The number of rotatable bonds is 3. The Morgan fingerprint density at radius 3 is 2.32 bits per heavy atom. The van der Waals surface area contributed by atoms with Gasteiger partial charge in [0.05, 0.1) is 17.2 Å². The predicted molar refractivity (Wildman–Crippen MR) is 136 cm³/mol. The van der Waals surface area contributed by atoms with Gasteiger partial charge in [0.25, 0.3) is 5.91 Å². The van der Waals surface area contributed by atoms with Crippen LogP contribution in [0.3, 0.4) is 0 Å². The fourth-order valence-electron chi connectivity index (χ4n) is 4.73. The minimum atomic E-state index is 0.0443. The zero-order valence-corrected chi connectivity index (χ0v) is 19.6. The number of nitrogens with one attached hydrogen (secondary N) is 1. The molecule has 5 heteroatoms. The molecule has 34 heavy (non-hydrogen) atoms. The predicted octanol–water partition coefficient (Wildman–Crippen LogP) is 5.55. The molecule has 1 aliphatic heterocycles. The number of likely N-dealkylation sites (tertiary alicyclic amines) is 1. The topological polar surface area (TPSA) is 85.9 Å². The Hall–Kier alpha value is -3.88. The molecule has 0 radical (unpaired) electrons. The van der Waals surface area contributed by atoms with E-state index in [1.807, 2.05) is 35.4 Å². The fourth-order valence-corrected chi connectivity index (χ4v) is 4.73. The van der Waals surface area contributed by atoms with Gasteiger partial charge in [-0.05, 0) is 84.3 Å². The maximum absolute atomic E-state index is 13.4. The summed E-state index contributed by atoms with van der Waals surface area (Å²) in [4.78, 5) is 18.6. The first-order valence-corrected chi connectivity index (χ1v) is 11.7. The van der Waals surface area contributed by atoms with Crippen molar-refractivity contribution in [2.24, 2.45) is 5.73 Å². The van der Waals surface area contributed by atoms with Crippen LogP contribution in [0, 0.1) is 25.2 Å². The summed E-state index contributed by atoms with van der Waals surface area (Å²) >= 11 is 0. The normalized spacial score (nSPS) is 14.4. The number of aromatic amines is 1. The van der Waals surface area contributed by atoms with E-state index in [4.69, 9.17) is 5.73 Å². The van der Waals surface area contributed by atoms with Crippen molar-refractivity contribution in [1.82, 2.24) is 9.88 Å². The number of nitrogens with two attached hydrogens (primary N) is 1. The number of benzene rings is 3. The second-order valence-electron chi connectivity index (χ2n) is 9.26. The summed E-state index contributed by atoms with van der Waals surface area (Å²) in [6.07, 6.45) is 3.50. The highest BCUT2D eigenvalue weighted by Gasteiger charge is 2.24. The molecule has 1 fully saturated rings. The van der Waals surface area contributed by atoms with E-state index < -0.39 is 0 Å². The monoisotopic (exact) mass is 448 g/mol. The number of nitrogens with zero attached hydrogens (tertiary/aromatic N) is 2. The van der Waals surface area contributed by atoms with Crippen molar-refractivity contribution in [1.29, 1.82) is 5.26 Å². The minimum absolute atomic E-state index is 0.0443. The average molecular weight is 449 g/mol. The van der Waals surface area contributed by atoms with Crippen LogP contribution in [-0.4, -0.2) is 34.9 Å². The van der Waals surface area contributed by atoms with Crippen molar-refractivity contribution in [3.63, 3.8) is 0 Å². The van der Waals surface area contributed by atoms with Gasteiger partial charge in [-0.15, -0.1) is 0 Å². The summed E-state index contributed by atoms with van der Waals surface area (Å²) in [5.41, 5.74) is 15.0. The smallest absolute Gasteiger partial charge is 0.256 e. The Morgan fingerprint density at radius 1 is 0.971 bits per heavy atom. The van der Waals surface area contributed by atoms with E-state index in [1.54, 1.807) is 0 Å². The molecule has 0 spiro atoms. The van der Waals surface area contributed by atoms with Gasteiger partial charge in [0.15, 0.2) is 0 Å². The molecular formula is C29H28N4O. The number of aryl methyl sites for hydroxylation is 2. The molecule has 3 aromatic carbocycles. The molecule has 0 atom stereocenters. The minimum Gasteiger partial charge on any atom is -0.360 e. The van der Waals surface area contributed by atoms with E-state index in [0.29, 0.717) is 24.2 Å². The van der Waals surface area contributed by atoms with Gasteiger partial charge in [-0.1, -0.05) is 30.3 Å². The molecule has 1 aromatic heterocycles. The Morgan fingerprint density at radius 2 is 1.65 bits per heavy atom. The van der Waals surface area contributed by atoms with Crippen molar-refractivity contribution in [2.75, 3.05) is 13.1 Å². The van der Waals surface area contributed by atoms with Crippen LogP contribution < -0.4 is 5.73 Å². The molecular weight excluding hydrogens is 420 g/mol. The fraction of sp³-hybridized carbons (Fsp3) is 0.241. The van der Waals surface area contributed by atoms with Crippen LogP contribution >= 0.6 is 0 Å². The summed E-state index contributed by atoms with van der Waals surface area (Å²) < 4.78 is 0. The quantitative estimate of drug-likeness (QED) is 0.431. The molecule has 0 unspecified atom stereocenters. The van der Waals surface area contributed by atoms with Crippen LogP contribution in [0.25, 0.3) is 33.2 Å². The molecule has 0 saturated carbocycles. The van der Waals surface area contributed by atoms with Gasteiger partial charge in [-0.2, -0.15) is 5.26 Å². The number of aromatic nitrogens is 1. The Balaban J connectivity index is 1.66. The van der Waals surface area contributed by atoms with Gasteiger partial charge in [0.1, 0.15) is 0 Å². The average Bonchev–Trinajstić information content (AvgIpc) is 3.28.